The van der Waals surface area contributed by atoms with Crippen molar-refractivity contribution in [3.63, 3.8) is 0 Å². The summed E-state index contributed by atoms with van der Waals surface area (Å²) < 4.78 is 10.7. The van der Waals surface area contributed by atoms with Crippen LogP contribution in [0.4, 0.5) is 0 Å². The quantitative estimate of drug-likeness (QED) is 0.0235. The summed E-state index contributed by atoms with van der Waals surface area (Å²) in [5.74, 6) is -14.2. The first-order valence-corrected chi connectivity index (χ1v) is 27.8. The molecule has 19 N–H and O–H groups in total. The zero-order valence-electron chi connectivity index (χ0n) is 46.6. The second-order valence-electron chi connectivity index (χ2n) is 18.8. The SMILES string of the molecule is CSCC[C@H](NC(=O)[C@H](Cc1ccc(O)cc1)NC(=O)[C@H](CC(=O)O)NC(=O)CCOCCOCCNC(=O)CNC(=O)[C@@H](N)CC(=O)O)C(=O)NCC(=O)N[C@@H](Cc1c[nH]c2ccccc12)C(=O)NCC(=O)N[C@@H](CC(=O)O)C(=O)NCC(N)=O. The third kappa shape index (κ3) is 27.8. The molecule has 0 unspecified atom stereocenters. The topological polar surface area (TPSA) is 526 Å². The molecule has 0 radical (unpaired) electrons. The number of amides is 11. The van der Waals surface area contributed by atoms with Crippen LogP contribution in [0.1, 0.15) is 43.2 Å². The van der Waals surface area contributed by atoms with Crippen LogP contribution in [0.25, 0.3) is 10.9 Å². The number of aromatic amines is 1. The Morgan fingerprint density at radius 1 is 0.535 bits per heavy atom. The second-order valence-corrected chi connectivity index (χ2v) is 19.7. The summed E-state index contributed by atoms with van der Waals surface area (Å²) in [6.45, 7) is -2.87. The Hall–Kier alpha value is -9.41. The summed E-state index contributed by atoms with van der Waals surface area (Å²) in [6, 6.07) is 3.38. The maximum absolute atomic E-state index is 14.2. The molecule has 3 aromatic rings. The summed E-state index contributed by atoms with van der Waals surface area (Å²) >= 11 is 1.29. The van der Waals surface area contributed by atoms with Crippen molar-refractivity contribution >= 4 is 106 Å². The van der Waals surface area contributed by atoms with E-state index in [1.165, 1.54) is 36.0 Å². The molecule has 0 spiro atoms. The van der Waals surface area contributed by atoms with Gasteiger partial charge in [0.05, 0.1) is 77.9 Å². The number of para-hydroxylation sites is 1. The Balaban J connectivity index is 1.65. The number of phenolic OH excluding ortho intramolecular Hbond substituents is 1. The Labute approximate surface area is 494 Å². The number of rotatable bonds is 41. The number of phenols is 1. The van der Waals surface area contributed by atoms with Crippen LogP contribution in [0, 0.1) is 0 Å². The van der Waals surface area contributed by atoms with Crippen molar-refractivity contribution in [3.8, 4) is 5.75 Å². The number of primary amides is 1. The number of nitrogens with two attached hydrogens (primary N) is 2. The van der Waals surface area contributed by atoms with E-state index in [4.69, 9.17) is 26.0 Å². The van der Waals surface area contributed by atoms with Gasteiger partial charge in [0.15, 0.2) is 0 Å². The number of hydrogen-bond donors (Lipinski definition) is 17. The minimum absolute atomic E-state index is 0.0116. The number of H-pyrrole nitrogens is 1. The molecule has 6 atom stereocenters. The average molecular weight is 1230 g/mol. The molecule has 0 aliphatic heterocycles. The van der Waals surface area contributed by atoms with Gasteiger partial charge in [-0.3, -0.25) is 67.1 Å². The van der Waals surface area contributed by atoms with Gasteiger partial charge in [0.25, 0.3) is 0 Å². The Morgan fingerprint density at radius 3 is 1.65 bits per heavy atom. The number of carboxylic acids is 3. The van der Waals surface area contributed by atoms with E-state index >= 15 is 0 Å². The third-order valence-corrected chi connectivity index (χ3v) is 12.6. The maximum Gasteiger partial charge on any atom is 0.305 e. The first-order chi connectivity index (χ1) is 40.8. The molecule has 0 saturated carbocycles. The molecule has 1 aromatic heterocycles. The van der Waals surface area contributed by atoms with Crippen molar-refractivity contribution in [2.45, 2.75) is 81.2 Å². The summed E-state index contributed by atoms with van der Waals surface area (Å²) in [7, 11) is 0. The number of carbonyl (C=O) groups is 14. The Morgan fingerprint density at radius 2 is 1.03 bits per heavy atom. The van der Waals surface area contributed by atoms with Crippen molar-refractivity contribution < 1.29 is 97.0 Å². The number of ether oxygens (including phenoxy) is 2. The van der Waals surface area contributed by atoms with Gasteiger partial charge in [-0.2, -0.15) is 11.8 Å². The van der Waals surface area contributed by atoms with Crippen LogP contribution in [0.5, 0.6) is 5.75 Å². The molecular weight excluding hydrogens is 1160 g/mol. The Kier molecular flexibility index (Phi) is 31.1. The average Bonchev–Trinajstić information content (AvgIpc) is 2.38. The number of thioether (sulfide) groups is 1. The highest BCUT2D eigenvalue weighted by Crippen LogP contribution is 2.19. The van der Waals surface area contributed by atoms with Crippen LogP contribution in [-0.4, -0.2) is 216 Å². The van der Waals surface area contributed by atoms with Gasteiger partial charge >= 0.3 is 17.9 Å². The van der Waals surface area contributed by atoms with E-state index in [0.29, 0.717) is 22.0 Å². The van der Waals surface area contributed by atoms with Crippen LogP contribution < -0.4 is 64.6 Å². The van der Waals surface area contributed by atoms with Gasteiger partial charge in [0.2, 0.25) is 65.0 Å². The number of carboxylic acid groups (broad SMARTS) is 3. The molecule has 1 heterocycles. The van der Waals surface area contributed by atoms with Gasteiger partial charge in [-0.1, -0.05) is 30.3 Å². The molecule has 0 aliphatic carbocycles. The number of nitrogens with one attached hydrogen (secondary N) is 11. The molecule has 0 aliphatic rings. The van der Waals surface area contributed by atoms with Crippen LogP contribution in [0.15, 0.2) is 54.7 Å². The second kappa shape index (κ2) is 37.7. The lowest BCUT2D eigenvalue weighted by Gasteiger charge is -2.25. The normalized spacial score (nSPS) is 12.9. The van der Waals surface area contributed by atoms with E-state index in [2.05, 4.69) is 58.2 Å². The summed E-state index contributed by atoms with van der Waals surface area (Å²) in [5.41, 5.74) is 12.1. The number of aromatic nitrogens is 1. The molecule has 470 valence electrons. The predicted octanol–water partition coefficient (Wildman–Crippen LogP) is -5.92. The molecule has 2 aromatic carbocycles. The molecule has 0 saturated heterocycles. The molecular formula is C52H71N13O20S. The number of benzene rings is 2. The first-order valence-electron chi connectivity index (χ1n) is 26.4. The van der Waals surface area contributed by atoms with E-state index in [-0.39, 0.29) is 70.2 Å². The molecule has 11 amide bonds. The van der Waals surface area contributed by atoms with Crippen molar-refractivity contribution in [1.82, 2.24) is 58.2 Å². The first kappa shape index (κ1) is 70.9. The van der Waals surface area contributed by atoms with Gasteiger partial charge in [0.1, 0.15) is 36.0 Å². The monoisotopic (exact) mass is 1230 g/mol. The predicted molar refractivity (Wildman–Crippen MR) is 302 cm³/mol. The minimum atomic E-state index is -1.73. The fourth-order valence-corrected chi connectivity index (χ4v) is 8.12. The lowest BCUT2D eigenvalue weighted by molar-refractivity contribution is -0.141. The summed E-state index contributed by atoms with van der Waals surface area (Å²) in [4.78, 5) is 179. The van der Waals surface area contributed by atoms with Crippen LogP contribution in [0.2, 0.25) is 0 Å². The van der Waals surface area contributed by atoms with E-state index in [1.807, 2.05) is 0 Å². The van der Waals surface area contributed by atoms with Crippen molar-refractivity contribution in [3.05, 3.63) is 65.9 Å². The Bertz CT molecular complexity index is 2870. The highest BCUT2D eigenvalue weighted by atomic mass is 32.2. The fourth-order valence-electron chi connectivity index (χ4n) is 7.65. The third-order valence-electron chi connectivity index (χ3n) is 11.9. The summed E-state index contributed by atoms with van der Waals surface area (Å²) in [5, 5.41) is 61.8. The fraction of sp³-hybridized carbons (Fsp3) is 0.462. The van der Waals surface area contributed by atoms with Crippen molar-refractivity contribution in [2.24, 2.45) is 11.5 Å². The highest BCUT2D eigenvalue weighted by molar-refractivity contribution is 7.98. The zero-order valence-corrected chi connectivity index (χ0v) is 47.4. The number of hydrogen-bond acceptors (Lipinski definition) is 19. The lowest BCUT2D eigenvalue weighted by Crippen LogP contribution is -2.58. The molecule has 34 heteroatoms. The van der Waals surface area contributed by atoms with Gasteiger partial charge < -0.3 is 99.5 Å². The molecule has 86 heavy (non-hydrogen) atoms. The van der Waals surface area contributed by atoms with Crippen LogP contribution in [0.3, 0.4) is 0 Å². The molecule has 3 rings (SSSR count). The van der Waals surface area contributed by atoms with Crippen molar-refractivity contribution in [1.29, 1.82) is 0 Å². The molecule has 33 nitrogen and oxygen atoms in total. The number of aromatic hydroxyl groups is 1. The minimum Gasteiger partial charge on any atom is -0.508 e. The number of aliphatic carboxylic acids is 3. The zero-order chi connectivity index (χ0) is 63.7. The van der Waals surface area contributed by atoms with Gasteiger partial charge in [-0.15, -0.1) is 0 Å². The molecule has 0 bridgehead atoms. The smallest absolute Gasteiger partial charge is 0.305 e. The standard InChI is InChI=1S/C52H71N13O20S/c1-86-17-11-34(48(79)59-26-42(70)62-36(19-29-23-56-33-5-3-2-4-31(29)33)49(80)60-27-43(71)63-37(21-45(74)75)50(81)57-24-39(54)67)64-51(82)35(18-28-6-8-30(66)9-7-28)65-52(83)38(22-46(76)77)61-40(68)10-13-84-15-16-85-14-12-55-41(69)25-58-47(78)32(53)20-44(72)73/h2-9,23,32,34-38,56,66H,10-22,24-27,53H2,1H3,(H2,54,67)(H,55,69)(H,57,81)(H,58,78)(H,59,79)(H,60,80)(H,61,68)(H,62,70)(H,63,71)(H,64,82)(H,65,83)(H,72,73)(H,74,75)(H,76,77)/t32-,34-,35-,36-,37-,38-/m0/s1. The van der Waals surface area contributed by atoms with Gasteiger partial charge in [-0.25, -0.2) is 0 Å². The maximum atomic E-state index is 14.2. The highest BCUT2D eigenvalue weighted by Gasteiger charge is 2.32. The number of fused-ring (bicyclic) bond motifs is 1. The molecule has 0 fully saturated rings. The van der Waals surface area contributed by atoms with Gasteiger partial charge in [0, 0.05) is 42.9 Å². The van der Waals surface area contributed by atoms with Crippen LogP contribution in [-0.2, 0) is 89.4 Å². The number of carbonyl (C=O) groups excluding carboxylic acids is 11. The van der Waals surface area contributed by atoms with Gasteiger partial charge in [-0.05, 0) is 47.8 Å². The lowest BCUT2D eigenvalue weighted by atomic mass is 10.0. The summed E-state index contributed by atoms with van der Waals surface area (Å²) in [6.07, 6.45) is 0.00849. The van der Waals surface area contributed by atoms with Crippen molar-refractivity contribution in [2.75, 3.05) is 71.2 Å². The van der Waals surface area contributed by atoms with Crippen LogP contribution >= 0.6 is 11.8 Å². The van der Waals surface area contributed by atoms with E-state index < -0.39 is 165 Å². The van der Waals surface area contributed by atoms with E-state index in [9.17, 15) is 82.4 Å². The largest absolute Gasteiger partial charge is 0.508 e. The van der Waals surface area contributed by atoms with E-state index in [1.54, 1.807) is 36.7 Å². The van der Waals surface area contributed by atoms with E-state index in [0.717, 1.165) is 0 Å².